The number of hydrogen-bond donors (Lipinski definition) is 0. The Morgan fingerprint density at radius 1 is 1.29 bits per heavy atom. The molecule has 0 atom stereocenters. The average Bonchev–Trinajstić information content (AvgIpc) is 2.60. The lowest BCUT2D eigenvalue weighted by atomic mass is 10.0. The molecule has 3 rings (SSSR count). The minimum atomic E-state index is -0.223. The number of piperidine rings is 1. The lowest BCUT2D eigenvalue weighted by molar-refractivity contribution is 0.0707. The van der Waals surface area contributed by atoms with Gasteiger partial charge in [0.15, 0.2) is 0 Å². The maximum Gasteiger partial charge on any atom is 0.274 e. The van der Waals surface area contributed by atoms with Crippen molar-refractivity contribution in [3.63, 3.8) is 0 Å². The standard InChI is InChI=1S/C17H18FIN4O/c1-22(15-9-12(18)8-13(19)10-15)14-2-6-23(7-3-14)17(24)16-11-20-4-5-21-16/h4-5,8-11,14H,2-3,6-7H2,1H3. The van der Waals surface area contributed by atoms with Crippen LogP contribution in [0.25, 0.3) is 0 Å². The molecule has 0 spiro atoms. The van der Waals surface area contributed by atoms with Crippen molar-refractivity contribution in [2.24, 2.45) is 0 Å². The molecule has 1 aromatic carbocycles. The fourth-order valence-corrected chi connectivity index (χ4v) is 3.60. The van der Waals surface area contributed by atoms with Gasteiger partial charge in [-0.1, -0.05) is 0 Å². The van der Waals surface area contributed by atoms with Gasteiger partial charge in [0, 0.05) is 47.8 Å². The van der Waals surface area contributed by atoms with Gasteiger partial charge in [-0.3, -0.25) is 9.78 Å². The lowest BCUT2D eigenvalue weighted by Crippen LogP contribution is -2.45. The first kappa shape index (κ1) is 17.1. The van der Waals surface area contributed by atoms with Crippen molar-refractivity contribution in [1.82, 2.24) is 14.9 Å². The summed E-state index contributed by atoms with van der Waals surface area (Å²) >= 11 is 2.12. The molecule has 0 aliphatic carbocycles. The molecule has 5 nitrogen and oxygen atoms in total. The Morgan fingerprint density at radius 3 is 2.67 bits per heavy atom. The second kappa shape index (κ2) is 7.42. The molecule has 0 bridgehead atoms. The van der Waals surface area contributed by atoms with Gasteiger partial charge in [0.25, 0.3) is 5.91 Å². The number of carbonyl (C=O) groups is 1. The Balaban J connectivity index is 1.63. The lowest BCUT2D eigenvalue weighted by Gasteiger charge is -2.37. The van der Waals surface area contributed by atoms with E-state index in [4.69, 9.17) is 0 Å². The van der Waals surface area contributed by atoms with Crippen molar-refractivity contribution < 1.29 is 9.18 Å². The minimum absolute atomic E-state index is 0.0792. The summed E-state index contributed by atoms with van der Waals surface area (Å²) in [6.07, 6.45) is 6.26. The fourth-order valence-electron chi connectivity index (χ4n) is 2.98. The summed E-state index contributed by atoms with van der Waals surface area (Å²) in [4.78, 5) is 24.3. The molecular formula is C17H18FIN4O. The molecule has 1 aliphatic heterocycles. The number of aromatic nitrogens is 2. The van der Waals surface area contributed by atoms with E-state index in [1.807, 2.05) is 18.0 Å². The van der Waals surface area contributed by atoms with Crippen LogP contribution in [0.15, 0.2) is 36.8 Å². The first-order valence-corrected chi connectivity index (χ1v) is 8.86. The van der Waals surface area contributed by atoms with Crippen molar-refractivity contribution in [2.75, 3.05) is 25.0 Å². The zero-order valence-electron chi connectivity index (χ0n) is 13.3. The van der Waals surface area contributed by atoms with E-state index >= 15 is 0 Å². The maximum atomic E-state index is 13.6. The molecular weight excluding hydrogens is 422 g/mol. The number of halogens is 2. The second-order valence-corrected chi connectivity index (χ2v) is 7.10. The van der Waals surface area contributed by atoms with Gasteiger partial charge in [0.2, 0.25) is 0 Å². The number of carbonyl (C=O) groups excluding carboxylic acids is 1. The highest BCUT2D eigenvalue weighted by atomic mass is 127. The molecule has 2 aromatic rings. The summed E-state index contributed by atoms with van der Waals surface area (Å²) in [5, 5.41) is 0. The molecule has 0 saturated carbocycles. The van der Waals surface area contributed by atoms with E-state index in [1.165, 1.54) is 18.5 Å². The van der Waals surface area contributed by atoms with Crippen LogP contribution in [0.3, 0.4) is 0 Å². The molecule has 0 N–H and O–H groups in total. The molecule has 24 heavy (non-hydrogen) atoms. The van der Waals surface area contributed by atoms with Gasteiger partial charge >= 0.3 is 0 Å². The van der Waals surface area contributed by atoms with Crippen molar-refractivity contribution in [1.29, 1.82) is 0 Å². The van der Waals surface area contributed by atoms with E-state index in [9.17, 15) is 9.18 Å². The van der Waals surface area contributed by atoms with Gasteiger partial charge < -0.3 is 9.80 Å². The fraction of sp³-hybridized carbons (Fsp3) is 0.353. The normalized spacial score (nSPS) is 15.4. The van der Waals surface area contributed by atoms with Gasteiger partial charge in [-0.05, 0) is 53.6 Å². The smallest absolute Gasteiger partial charge is 0.274 e. The molecule has 2 heterocycles. The Kier molecular flexibility index (Phi) is 5.27. The van der Waals surface area contributed by atoms with Gasteiger partial charge in [-0.15, -0.1) is 0 Å². The third-order valence-electron chi connectivity index (χ3n) is 4.34. The molecule has 0 radical (unpaired) electrons. The number of anilines is 1. The highest BCUT2D eigenvalue weighted by Crippen LogP contribution is 2.25. The largest absolute Gasteiger partial charge is 0.371 e. The third kappa shape index (κ3) is 3.82. The van der Waals surface area contributed by atoms with E-state index < -0.39 is 0 Å². The van der Waals surface area contributed by atoms with Crippen LogP contribution in [0, 0.1) is 9.39 Å². The number of benzene rings is 1. The van der Waals surface area contributed by atoms with Gasteiger partial charge in [-0.2, -0.15) is 0 Å². The molecule has 126 valence electrons. The zero-order valence-corrected chi connectivity index (χ0v) is 15.5. The highest BCUT2D eigenvalue weighted by molar-refractivity contribution is 14.1. The quantitative estimate of drug-likeness (QED) is 0.689. The minimum Gasteiger partial charge on any atom is -0.371 e. The topological polar surface area (TPSA) is 49.3 Å². The van der Waals surface area contributed by atoms with Crippen LogP contribution in [0.4, 0.5) is 10.1 Å². The SMILES string of the molecule is CN(c1cc(F)cc(I)c1)C1CCN(C(=O)c2cnccn2)CC1. The number of amides is 1. The van der Waals surface area contributed by atoms with Gasteiger partial charge in [-0.25, -0.2) is 9.37 Å². The summed E-state index contributed by atoms with van der Waals surface area (Å²) in [6.45, 7) is 1.33. The van der Waals surface area contributed by atoms with E-state index in [-0.39, 0.29) is 17.8 Å². The van der Waals surface area contributed by atoms with Crippen LogP contribution in [-0.2, 0) is 0 Å². The number of nitrogens with zero attached hydrogens (tertiary/aromatic N) is 4. The number of likely N-dealkylation sites (tertiary alicyclic amines) is 1. The Hall–Kier alpha value is -1.77. The highest BCUT2D eigenvalue weighted by Gasteiger charge is 2.27. The monoisotopic (exact) mass is 440 g/mol. The van der Waals surface area contributed by atoms with E-state index in [1.54, 1.807) is 12.3 Å². The predicted octanol–water partition coefficient (Wildman–Crippen LogP) is 2.96. The first-order valence-electron chi connectivity index (χ1n) is 7.79. The van der Waals surface area contributed by atoms with Crippen LogP contribution in [0.2, 0.25) is 0 Å². The van der Waals surface area contributed by atoms with Crippen LogP contribution in [0.1, 0.15) is 23.3 Å². The molecule has 1 amide bonds. The van der Waals surface area contributed by atoms with Crippen molar-refractivity contribution in [3.8, 4) is 0 Å². The Labute approximate surface area is 154 Å². The Bertz CT molecular complexity index is 700. The molecule has 1 saturated heterocycles. The molecule has 1 aromatic heterocycles. The Morgan fingerprint density at radius 2 is 2.04 bits per heavy atom. The van der Waals surface area contributed by atoms with Crippen LogP contribution in [-0.4, -0.2) is 47.0 Å². The zero-order chi connectivity index (χ0) is 17.1. The summed E-state index contributed by atoms with van der Waals surface area (Å²) in [5.74, 6) is -0.302. The van der Waals surface area contributed by atoms with Gasteiger partial charge in [0.1, 0.15) is 11.5 Å². The van der Waals surface area contributed by atoms with E-state index in [0.717, 1.165) is 22.1 Å². The van der Waals surface area contributed by atoms with Crippen molar-refractivity contribution in [3.05, 3.63) is 51.9 Å². The summed E-state index contributed by atoms with van der Waals surface area (Å²) in [6, 6.07) is 5.33. The molecule has 1 fully saturated rings. The molecule has 0 unspecified atom stereocenters. The number of hydrogen-bond acceptors (Lipinski definition) is 4. The van der Waals surface area contributed by atoms with Crippen LogP contribution >= 0.6 is 22.6 Å². The van der Waals surface area contributed by atoms with E-state index in [0.29, 0.717) is 18.8 Å². The van der Waals surface area contributed by atoms with Gasteiger partial charge in [0.05, 0.1) is 6.20 Å². The summed E-state index contributed by atoms with van der Waals surface area (Å²) in [7, 11) is 1.98. The molecule has 7 heteroatoms. The van der Waals surface area contributed by atoms with Crippen molar-refractivity contribution >= 4 is 34.2 Å². The first-order chi connectivity index (χ1) is 11.5. The van der Waals surface area contributed by atoms with Crippen LogP contribution in [0.5, 0.6) is 0 Å². The summed E-state index contributed by atoms with van der Waals surface area (Å²) < 4.78 is 14.5. The maximum absolute atomic E-state index is 13.6. The third-order valence-corrected chi connectivity index (χ3v) is 4.96. The van der Waals surface area contributed by atoms with E-state index in [2.05, 4.69) is 37.5 Å². The second-order valence-electron chi connectivity index (χ2n) is 5.85. The van der Waals surface area contributed by atoms with Crippen LogP contribution < -0.4 is 4.90 Å². The summed E-state index contributed by atoms with van der Waals surface area (Å²) in [5.41, 5.74) is 1.25. The molecule has 1 aliphatic rings. The predicted molar refractivity (Wildman–Crippen MR) is 98.5 cm³/mol. The number of rotatable bonds is 3. The average molecular weight is 440 g/mol. The van der Waals surface area contributed by atoms with Crippen molar-refractivity contribution in [2.45, 2.75) is 18.9 Å².